The Morgan fingerprint density at radius 3 is 2.43 bits per heavy atom. The molecule has 36 valence electrons. The zero-order valence-electron chi connectivity index (χ0n) is 5.07. The number of hydrogen-bond donors (Lipinski definition) is 0. The number of terminal acetylenes is 1. The van der Waals surface area contributed by atoms with Gasteiger partial charge in [-0.1, -0.05) is 0 Å². The minimum atomic E-state index is -0.714. The van der Waals surface area contributed by atoms with Gasteiger partial charge in [-0.05, 0) is 0 Å². The molecule has 0 heterocycles. The molecule has 0 bridgehead atoms. The summed E-state index contributed by atoms with van der Waals surface area (Å²) in [6, 6.07) is 0. The van der Waals surface area contributed by atoms with Crippen LogP contribution in [0, 0.1) is 15.8 Å². The van der Waals surface area contributed by atoms with Crippen molar-refractivity contribution in [2.45, 2.75) is 17.8 Å². The van der Waals surface area contributed by atoms with E-state index in [0.29, 0.717) is 0 Å². The van der Waals surface area contributed by atoms with Gasteiger partial charge in [-0.25, -0.2) is 0 Å². The predicted octanol–water partition coefficient (Wildman–Crippen LogP) is 1.73. The molecular weight excluding hydrogens is 273 g/mol. The van der Waals surface area contributed by atoms with E-state index in [1.807, 2.05) is 0 Å². The first kappa shape index (κ1) is 7.50. The fourth-order valence-electron chi connectivity index (χ4n) is 0.372. The van der Waals surface area contributed by atoms with Gasteiger partial charge < -0.3 is 0 Å². The molecule has 0 aromatic carbocycles. The first-order valence-electron chi connectivity index (χ1n) is 2.71. The summed E-state index contributed by atoms with van der Waals surface area (Å²) >= 11 is -0.714. The molecule has 0 N–H and O–H groups in total. The monoisotopic (exact) mass is 284 g/mol. The molecule has 0 rings (SSSR count). The molecule has 0 saturated heterocycles. The molecule has 0 radical (unpaired) electrons. The second kappa shape index (κ2) is 4.65. The van der Waals surface area contributed by atoms with Crippen LogP contribution in [-0.4, -0.2) is 0 Å². The van der Waals surface area contributed by atoms with Crippen molar-refractivity contribution >= 4 is 0 Å². The zero-order chi connectivity index (χ0) is 5.70. The van der Waals surface area contributed by atoms with E-state index in [-0.39, 0.29) is 0 Å². The van der Waals surface area contributed by atoms with Crippen molar-refractivity contribution in [2.75, 3.05) is 0 Å². The van der Waals surface area contributed by atoms with Crippen LogP contribution in [0.25, 0.3) is 0 Å². The van der Waals surface area contributed by atoms with Crippen LogP contribution in [0.1, 0.15) is 13.8 Å². The van der Waals surface area contributed by atoms with Crippen LogP contribution < -0.4 is 0 Å². The average Bonchev–Trinajstić information content (AvgIpc) is 1.61. The van der Waals surface area contributed by atoms with Crippen molar-refractivity contribution in [3.05, 3.63) is 0 Å². The SMILES string of the molecule is C#[C][Hg][CH2]C(C)C. The second-order valence-corrected chi connectivity index (χ2v) is 7.91. The summed E-state index contributed by atoms with van der Waals surface area (Å²) in [4.78, 5) is 0. The molecule has 0 nitrogen and oxygen atoms in total. The van der Waals surface area contributed by atoms with Crippen molar-refractivity contribution in [1.82, 2.24) is 0 Å². The Morgan fingerprint density at radius 1 is 1.71 bits per heavy atom. The first-order valence-corrected chi connectivity index (χ1v) is 9.34. The summed E-state index contributed by atoms with van der Waals surface area (Å²) in [5, 5.41) is 0. The molecule has 0 spiro atoms. The zero-order valence-corrected chi connectivity index (χ0v) is 10.6. The Labute approximate surface area is 58.1 Å². The maximum atomic E-state index is 5.13. The second-order valence-electron chi connectivity index (χ2n) is 2.14. The van der Waals surface area contributed by atoms with Crippen molar-refractivity contribution in [3.8, 4) is 9.85 Å². The van der Waals surface area contributed by atoms with Crippen molar-refractivity contribution in [3.63, 3.8) is 0 Å². The van der Waals surface area contributed by atoms with Gasteiger partial charge in [0.15, 0.2) is 0 Å². The molecule has 0 aromatic rings. The Hall–Kier alpha value is 0.495. The van der Waals surface area contributed by atoms with E-state index < -0.39 is 24.6 Å². The number of hydrogen-bond acceptors (Lipinski definition) is 0. The molecule has 1 heteroatoms. The van der Waals surface area contributed by atoms with E-state index in [1.54, 1.807) is 0 Å². The summed E-state index contributed by atoms with van der Waals surface area (Å²) in [5.41, 5.74) is 0. The quantitative estimate of drug-likeness (QED) is 0.535. The molecule has 0 amide bonds. The molecule has 0 unspecified atom stereocenters. The third kappa shape index (κ3) is 6.50. The van der Waals surface area contributed by atoms with Gasteiger partial charge in [0.1, 0.15) is 0 Å². The Bertz CT molecular complexity index is 68.7. The molecule has 0 atom stereocenters. The van der Waals surface area contributed by atoms with Gasteiger partial charge in [0.25, 0.3) is 0 Å². The van der Waals surface area contributed by atoms with E-state index in [1.165, 1.54) is 3.93 Å². The molecule has 0 aromatic heterocycles. The fraction of sp³-hybridized carbons (Fsp3) is 0.667. The summed E-state index contributed by atoms with van der Waals surface area (Å²) in [5.74, 6) is 0.859. The predicted molar refractivity (Wildman–Crippen MR) is 28.5 cm³/mol. The van der Waals surface area contributed by atoms with Gasteiger partial charge >= 0.3 is 58.1 Å². The normalized spacial score (nSPS) is 7.71. The maximum absolute atomic E-state index is 5.13. The van der Waals surface area contributed by atoms with Crippen LogP contribution >= 0.6 is 0 Å². The van der Waals surface area contributed by atoms with Gasteiger partial charge in [0.2, 0.25) is 0 Å². The summed E-state index contributed by atoms with van der Waals surface area (Å²) in [7, 11) is 0. The molecule has 0 fully saturated rings. The van der Waals surface area contributed by atoms with Crippen LogP contribution in [0.5, 0.6) is 0 Å². The molecular formula is C6H10Hg. The van der Waals surface area contributed by atoms with Gasteiger partial charge in [-0.2, -0.15) is 0 Å². The van der Waals surface area contributed by atoms with Crippen molar-refractivity contribution < 1.29 is 24.6 Å². The van der Waals surface area contributed by atoms with E-state index in [4.69, 9.17) is 6.42 Å². The van der Waals surface area contributed by atoms with E-state index in [9.17, 15) is 0 Å². The summed E-state index contributed by atoms with van der Waals surface area (Å²) in [6.07, 6.45) is 5.13. The number of rotatable bonds is 2. The van der Waals surface area contributed by atoms with Crippen LogP contribution in [0.4, 0.5) is 0 Å². The van der Waals surface area contributed by atoms with E-state index in [0.717, 1.165) is 5.92 Å². The minimum absolute atomic E-state index is 0.714. The van der Waals surface area contributed by atoms with Gasteiger partial charge in [-0.3, -0.25) is 0 Å². The first-order chi connectivity index (χ1) is 3.27. The van der Waals surface area contributed by atoms with Gasteiger partial charge in [-0.15, -0.1) is 0 Å². The van der Waals surface area contributed by atoms with Gasteiger partial charge in [0, 0.05) is 0 Å². The third-order valence-corrected chi connectivity index (χ3v) is 7.60. The van der Waals surface area contributed by atoms with E-state index >= 15 is 0 Å². The molecule has 0 aliphatic heterocycles. The molecule has 7 heavy (non-hydrogen) atoms. The van der Waals surface area contributed by atoms with Crippen LogP contribution in [-0.2, 0) is 24.6 Å². The van der Waals surface area contributed by atoms with Crippen LogP contribution in [0.3, 0.4) is 0 Å². The fourth-order valence-corrected chi connectivity index (χ4v) is 3.26. The summed E-state index contributed by atoms with van der Waals surface area (Å²) < 4.78 is 4.21. The molecule has 0 saturated carbocycles. The average molecular weight is 283 g/mol. The van der Waals surface area contributed by atoms with Crippen molar-refractivity contribution in [1.29, 1.82) is 0 Å². The van der Waals surface area contributed by atoms with Crippen molar-refractivity contribution in [2.24, 2.45) is 5.92 Å². The van der Waals surface area contributed by atoms with Crippen LogP contribution in [0.2, 0.25) is 3.93 Å². The summed E-state index contributed by atoms with van der Waals surface area (Å²) in [6.45, 7) is 4.47. The van der Waals surface area contributed by atoms with Gasteiger partial charge in [0.05, 0.1) is 0 Å². The Balaban J connectivity index is 2.86. The molecule has 0 aliphatic carbocycles. The standard InChI is InChI=1S/C4H9.C2H.Hg/c1-4(2)3;1-2;/h4H,1H2,2-3H3;1H;. The Morgan fingerprint density at radius 2 is 2.29 bits per heavy atom. The Kier molecular flexibility index (Phi) is 4.98. The topological polar surface area (TPSA) is 0 Å². The van der Waals surface area contributed by atoms with E-state index in [2.05, 4.69) is 17.3 Å². The van der Waals surface area contributed by atoms with Crippen LogP contribution in [0.15, 0.2) is 0 Å². The third-order valence-electron chi connectivity index (χ3n) is 0.866. The molecule has 0 aliphatic rings.